The van der Waals surface area contributed by atoms with Crippen LogP contribution in [0.15, 0.2) is 126 Å². The van der Waals surface area contributed by atoms with Crippen molar-refractivity contribution in [3.8, 4) is 22.3 Å². The highest BCUT2D eigenvalue weighted by molar-refractivity contribution is 6.22. The predicted molar refractivity (Wildman–Crippen MR) is 195 cm³/mol. The quantitative estimate of drug-likeness (QED) is 0.185. The van der Waals surface area contributed by atoms with Crippen LogP contribution >= 0.6 is 0 Å². The molecule has 0 unspecified atom stereocenters. The van der Waals surface area contributed by atoms with E-state index in [0.29, 0.717) is 0 Å². The Bertz CT molecular complexity index is 2440. The van der Waals surface area contributed by atoms with Crippen LogP contribution in [0.25, 0.3) is 76.5 Å². The molecule has 8 aromatic rings. The summed E-state index contributed by atoms with van der Waals surface area (Å²) in [7, 11) is 0. The minimum Gasteiger partial charge on any atom is -0.456 e. The summed E-state index contributed by atoms with van der Waals surface area (Å²) in [6, 6.07) is 45.0. The second-order valence-electron chi connectivity index (χ2n) is 14.6. The van der Waals surface area contributed by atoms with Gasteiger partial charge >= 0.3 is 0 Å². The van der Waals surface area contributed by atoms with Gasteiger partial charge in [0.05, 0.1) is 0 Å². The van der Waals surface area contributed by atoms with Crippen molar-refractivity contribution in [2.75, 3.05) is 0 Å². The highest BCUT2D eigenvalue weighted by Gasteiger charge is 2.23. The Labute approximate surface area is 265 Å². The maximum absolute atomic E-state index is 6.25. The van der Waals surface area contributed by atoms with E-state index in [1.807, 2.05) is 6.07 Å². The third-order valence-electron chi connectivity index (χ3n) is 9.55. The van der Waals surface area contributed by atoms with Gasteiger partial charge in [-0.05, 0) is 113 Å². The minimum atomic E-state index is 0.0182. The van der Waals surface area contributed by atoms with E-state index in [0.717, 1.165) is 21.9 Å². The van der Waals surface area contributed by atoms with Gasteiger partial charge in [0.2, 0.25) is 0 Å². The van der Waals surface area contributed by atoms with Crippen LogP contribution < -0.4 is 0 Å². The molecule has 7 aromatic carbocycles. The van der Waals surface area contributed by atoms with Crippen LogP contribution in [0.5, 0.6) is 0 Å². The van der Waals surface area contributed by atoms with E-state index in [1.54, 1.807) is 0 Å². The van der Waals surface area contributed by atoms with Crippen LogP contribution in [-0.2, 0) is 10.8 Å². The number of benzene rings is 7. The SMILES string of the molecule is CC(C)(C)c1ccc2c(-c3ccc4oc5ccccc5c4c3)c3cc(C(C)(C)C)ccc3c(-c3ccc4ccccc4c3)c2c1. The average Bonchev–Trinajstić information content (AvgIpc) is 3.40. The van der Waals surface area contributed by atoms with Gasteiger partial charge < -0.3 is 4.42 Å². The van der Waals surface area contributed by atoms with E-state index in [9.17, 15) is 0 Å². The fourth-order valence-corrected chi connectivity index (χ4v) is 7.01. The van der Waals surface area contributed by atoms with Gasteiger partial charge in [-0.1, -0.05) is 126 Å². The van der Waals surface area contributed by atoms with Crippen molar-refractivity contribution in [1.29, 1.82) is 0 Å². The normalized spacial score (nSPS) is 12.7. The van der Waals surface area contributed by atoms with Crippen molar-refractivity contribution in [3.63, 3.8) is 0 Å². The molecule has 0 spiro atoms. The molecule has 45 heavy (non-hydrogen) atoms. The Hall–Kier alpha value is -4.88. The van der Waals surface area contributed by atoms with Crippen molar-refractivity contribution in [2.24, 2.45) is 0 Å². The molecule has 0 aliphatic heterocycles. The fraction of sp³-hybridized carbons (Fsp3) is 0.182. The fourth-order valence-electron chi connectivity index (χ4n) is 7.01. The van der Waals surface area contributed by atoms with Gasteiger partial charge in [-0.3, -0.25) is 0 Å². The highest BCUT2D eigenvalue weighted by atomic mass is 16.3. The summed E-state index contributed by atoms with van der Waals surface area (Å²) in [4.78, 5) is 0. The first kappa shape index (κ1) is 27.7. The van der Waals surface area contributed by atoms with E-state index in [4.69, 9.17) is 4.42 Å². The maximum atomic E-state index is 6.25. The summed E-state index contributed by atoms with van der Waals surface area (Å²) >= 11 is 0. The smallest absolute Gasteiger partial charge is 0.135 e. The van der Waals surface area contributed by atoms with Gasteiger partial charge in [0.15, 0.2) is 0 Å². The van der Waals surface area contributed by atoms with Crippen LogP contribution in [0.2, 0.25) is 0 Å². The first-order chi connectivity index (χ1) is 21.6. The lowest BCUT2D eigenvalue weighted by Crippen LogP contribution is -2.11. The lowest BCUT2D eigenvalue weighted by atomic mass is 9.79. The number of hydrogen-bond donors (Lipinski definition) is 0. The van der Waals surface area contributed by atoms with E-state index in [1.165, 1.54) is 65.7 Å². The molecule has 0 saturated heterocycles. The largest absolute Gasteiger partial charge is 0.456 e. The van der Waals surface area contributed by atoms with Crippen LogP contribution in [0, 0.1) is 0 Å². The number of hydrogen-bond acceptors (Lipinski definition) is 1. The molecule has 0 aliphatic rings. The Balaban J connectivity index is 1.55. The molecule has 0 bridgehead atoms. The van der Waals surface area contributed by atoms with Crippen molar-refractivity contribution in [2.45, 2.75) is 52.4 Å². The zero-order chi connectivity index (χ0) is 31.1. The molecule has 8 rings (SSSR count). The van der Waals surface area contributed by atoms with Crippen molar-refractivity contribution in [3.05, 3.63) is 132 Å². The lowest BCUT2D eigenvalue weighted by Gasteiger charge is -2.25. The monoisotopic (exact) mass is 582 g/mol. The van der Waals surface area contributed by atoms with Gasteiger partial charge in [0.25, 0.3) is 0 Å². The van der Waals surface area contributed by atoms with Crippen molar-refractivity contribution < 1.29 is 4.42 Å². The topological polar surface area (TPSA) is 13.1 Å². The van der Waals surface area contributed by atoms with Crippen LogP contribution in [-0.4, -0.2) is 0 Å². The molecule has 1 nitrogen and oxygen atoms in total. The average molecular weight is 583 g/mol. The van der Waals surface area contributed by atoms with Gasteiger partial charge in [0, 0.05) is 10.8 Å². The van der Waals surface area contributed by atoms with Crippen LogP contribution in [0.3, 0.4) is 0 Å². The number of furan rings is 1. The number of fused-ring (bicyclic) bond motifs is 6. The van der Waals surface area contributed by atoms with E-state index < -0.39 is 0 Å². The summed E-state index contributed by atoms with van der Waals surface area (Å²) in [5.41, 5.74) is 9.61. The second kappa shape index (κ2) is 9.81. The molecule has 0 atom stereocenters. The highest BCUT2D eigenvalue weighted by Crippen LogP contribution is 2.47. The Kier molecular flexibility index (Phi) is 6.03. The molecular formula is C44H38O. The molecule has 0 radical (unpaired) electrons. The summed E-state index contributed by atoms with van der Waals surface area (Å²) in [5, 5.41) is 9.96. The molecule has 1 heterocycles. The Morgan fingerprint density at radius 2 is 0.911 bits per heavy atom. The maximum Gasteiger partial charge on any atom is 0.135 e. The Morgan fingerprint density at radius 1 is 0.378 bits per heavy atom. The number of para-hydroxylation sites is 1. The molecule has 1 heteroatoms. The molecule has 0 N–H and O–H groups in total. The second-order valence-corrected chi connectivity index (χ2v) is 14.6. The first-order valence-corrected chi connectivity index (χ1v) is 16.0. The Morgan fingerprint density at radius 3 is 1.56 bits per heavy atom. The summed E-state index contributed by atoms with van der Waals surface area (Å²) in [5.74, 6) is 0. The lowest BCUT2D eigenvalue weighted by molar-refractivity contribution is 0.590. The summed E-state index contributed by atoms with van der Waals surface area (Å²) < 4.78 is 6.25. The van der Waals surface area contributed by atoms with Crippen LogP contribution in [0.4, 0.5) is 0 Å². The molecular weight excluding hydrogens is 544 g/mol. The first-order valence-electron chi connectivity index (χ1n) is 16.0. The molecule has 0 fully saturated rings. The minimum absolute atomic E-state index is 0.0182. The zero-order valence-corrected chi connectivity index (χ0v) is 27.0. The van der Waals surface area contributed by atoms with Crippen molar-refractivity contribution in [1.82, 2.24) is 0 Å². The van der Waals surface area contributed by atoms with Crippen LogP contribution in [0.1, 0.15) is 52.7 Å². The van der Waals surface area contributed by atoms with Gasteiger partial charge in [-0.25, -0.2) is 0 Å². The molecule has 1 aromatic heterocycles. The van der Waals surface area contributed by atoms with E-state index in [-0.39, 0.29) is 10.8 Å². The third kappa shape index (κ3) is 4.53. The molecule has 0 amide bonds. The third-order valence-corrected chi connectivity index (χ3v) is 9.55. The molecule has 0 aliphatic carbocycles. The number of rotatable bonds is 2. The van der Waals surface area contributed by atoms with E-state index in [2.05, 4.69) is 157 Å². The standard InChI is InChI=1S/C44H38O/c1-43(2,3)31-19-21-35-37(25-31)41(29-16-15-27-11-7-8-12-28(27)23-29)34-20-18-32(44(4,5)6)26-38(34)42(35)30-17-22-40-36(24-30)33-13-9-10-14-39(33)45-40/h7-26H,1-6H3. The summed E-state index contributed by atoms with van der Waals surface area (Å²) in [6.07, 6.45) is 0. The van der Waals surface area contributed by atoms with Gasteiger partial charge in [-0.15, -0.1) is 0 Å². The summed E-state index contributed by atoms with van der Waals surface area (Å²) in [6.45, 7) is 13.8. The van der Waals surface area contributed by atoms with Crippen molar-refractivity contribution >= 4 is 54.3 Å². The predicted octanol–water partition coefficient (Wildman–Crippen LogP) is 13.0. The molecule has 0 saturated carbocycles. The zero-order valence-electron chi connectivity index (χ0n) is 27.0. The van der Waals surface area contributed by atoms with E-state index >= 15 is 0 Å². The molecule has 220 valence electrons. The van der Waals surface area contributed by atoms with Gasteiger partial charge in [0.1, 0.15) is 11.2 Å². The van der Waals surface area contributed by atoms with Gasteiger partial charge in [-0.2, -0.15) is 0 Å².